The van der Waals surface area contributed by atoms with Crippen LogP contribution in [0.25, 0.3) is 0 Å². The third-order valence-corrected chi connectivity index (χ3v) is 4.19. The Balaban J connectivity index is 2.64. The zero-order valence-corrected chi connectivity index (χ0v) is 13.0. The number of rotatable bonds is 1. The van der Waals surface area contributed by atoms with Crippen molar-refractivity contribution < 1.29 is 26.6 Å². The molecular weight excluding hydrogens is 336 g/mol. The summed E-state index contributed by atoms with van der Waals surface area (Å²) in [5, 5.41) is 0. The van der Waals surface area contributed by atoms with E-state index in [1.807, 2.05) is 0 Å². The van der Waals surface area contributed by atoms with Gasteiger partial charge in [-0.15, -0.1) is 0 Å². The van der Waals surface area contributed by atoms with Gasteiger partial charge in [-0.2, -0.15) is 13.2 Å². The maximum atomic E-state index is 13.0. The van der Waals surface area contributed by atoms with Crippen molar-refractivity contribution in [3.05, 3.63) is 28.2 Å². The fourth-order valence-electron chi connectivity index (χ4n) is 1.66. The Morgan fingerprint density at radius 1 is 1.15 bits per heavy atom. The van der Waals surface area contributed by atoms with Crippen LogP contribution in [0.15, 0.2) is 22.6 Å². The highest BCUT2D eigenvalue weighted by Crippen LogP contribution is 2.37. The summed E-state index contributed by atoms with van der Waals surface area (Å²) in [6.45, 7) is 7.05. The highest BCUT2D eigenvalue weighted by atomic mass is 79.9. The second-order valence-corrected chi connectivity index (χ2v) is 6.36. The van der Waals surface area contributed by atoms with Crippen molar-refractivity contribution in [1.82, 2.24) is 0 Å². The molecule has 1 aliphatic rings. The van der Waals surface area contributed by atoms with Gasteiger partial charge >= 0.3 is 13.3 Å². The molecule has 0 aromatic heterocycles. The first-order chi connectivity index (χ1) is 10.2. The first-order valence-electron chi connectivity index (χ1n) is 7.42. The van der Waals surface area contributed by atoms with Gasteiger partial charge in [-0.05, 0) is 39.2 Å². The third kappa shape index (κ3) is 2.76. The zero-order chi connectivity index (χ0) is 18.0. The Labute approximate surface area is 129 Å². The molecule has 0 atom stereocenters. The van der Waals surface area contributed by atoms with Crippen LogP contribution in [-0.4, -0.2) is 18.3 Å². The molecular formula is C13H15BBrF3O2. The van der Waals surface area contributed by atoms with Crippen LogP contribution in [-0.2, 0) is 15.5 Å². The standard InChI is InChI=1S/C13H15BBrF3O2/c1-11(2)12(3,4)20-14(19-11)9-6-5-8(7-10(9)15)13(16,17)18/h5-7H,1-4H3/i5D,6D,7D. The monoisotopic (exact) mass is 353 g/mol. The second-order valence-electron chi connectivity index (χ2n) is 5.56. The second kappa shape index (κ2) is 4.75. The zero-order valence-electron chi connectivity index (χ0n) is 14.4. The summed E-state index contributed by atoms with van der Waals surface area (Å²) in [6.07, 6.45) is -4.89. The molecule has 2 nitrogen and oxygen atoms in total. The minimum absolute atomic E-state index is 0.0772. The van der Waals surface area contributed by atoms with E-state index < -0.39 is 48.2 Å². The molecule has 1 saturated heterocycles. The summed E-state index contributed by atoms with van der Waals surface area (Å²) in [5.41, 5.74) is -3.03. The van der Waals surface area contributed by atoms with E-state index in [9.17, 15) is 13.2 Å². The van der Waals surface area contributed by atoms with Crippen LogP contribution >= 0.6 is 15.9 Å². The predicted molar refractivity (Wildman–Crippen MR) is 74.9 cm³/mol. The molecule has 0 unspecified atom stereocenters. The van der Waals surface area contributed by atoms with Crippen molar-refractivity contribution in [2.24, 2.45) is 0 Å². The summed E-state index contributed by atoms with van der Waals surface area (Å²) < 4.78 is 73.5. The van der Waals surface area contributed by atoms with Crippen molar-refractivity contribution in [2.45, 2.75) is 45.1 Å². The van der Waals surface area contributed by atoms with Gasteiger partial charge in [0.2, 0.25) is 0 Å². The fraction of sp³-hybridized carbons (Fsp3) is 0.538. The SMILES string of the molecule is [2H]c1c([2H])c(C(F)(F)F)c([2H])c(Br)c1B1OC(C)(C)C(C)(C)O1. The summed E-state index contributed by atoms with van der Waals surface area (Å²) in [4.78, 5) is 0. The highest BCUT2D eigenvalue weighted by molar-refractivity contribution is 9.10. The van der Waals surface area contributed by atoms with E-state index in [-0.39, 0.29) is 9.94 Å². The smallest absolute Gasteiger partial charge is 0.399 e. The van der Waals surface area contributed by atoms with E-state index in [2.05, 4.69) is 15.9 Å². The van der Waals surface area contributed by atoms with Crippen LogP contribution in [0.3, 0.4) is 0 Å². The van der Waals surface area contributed by atoms with Gasteiger partial charge in [-0.25, -0.2) is 0 Å². The van der Waals surface area contributed by atoms with Gasteiger partial charge in [0, 0.05) is 4.47 Å². The Kier molecular flexibility index (Phi) is 2.86. The average molecular weight is 354 g/mol. The van der Waals surface area contributed by atoms with Gasteiger partial charge in [0.05, 0.1) is 20.9 Å². The molecule has 0 saturated carbocycles. The molecule has 0 amide bonds. The molecule has 1 aromatic rings. The summed E-state index contributed by atoms with van der Waals surface area (Å²) in [5.74, 6) is 0. The van der Waals surface area contributed by atoms with Crippen molar-refractivity contribution in [3.8, 4) is 0 Å². The molecule has 0 aliphatic carbocycles. The van der Waals surface area contributed by atoms with E-state index in [4.69, 9.17) is 13.4 Å². The molecule has 110 valence electrons. The first kappa shape index (κ1) is 12.1. The van der Waals surface area contributed by atoms with Gasteiger partial charge in [0.15, 0.2) is 0 Å². The molecule has 2 rings (SSSR count). The van der Waals surface area contributed by atoms with Crippen LogP contribution in [0.4, 0.5) is 13.2 Å². The average Bonchev–Trinajstić information content (AvgIpc) is 2.54. The first-order valence-corrected chi connectivity index (χ1v) is 6.72. The van der Waals surface area contributed by atoms with Crippen molar-refractivity contribution in [3.63, 3.8) is 0 Å². The maximum absolute atomic E-state index is 13.0. The van der Waals surface area contributed by atoms with Gasteiger partial charge < -0.3 is 9.31 Å². The number of halogens is 4. The van der Waals surface area contributed by atoms with Crippen molar-refractivity contribution in [2.75, 3.05) is 0 Å². The molecule has 1 heterocycles. The summed E-state index contributed by atoms with van der Waals surface area (Å²) in [7, 11) is -1.13. The Hall–Kier alpha value is -0.525. The van der Waals surface area contributed by atoms with E-state index in [1.165, 1.54) is 0 Å². The number of benzene rings is 1. The van der Waals surface area contributed by atoms with Gasteiger partial charge in [0.1, 0.15) is 0 Å². The lowest BCUT2D eigenvalue weighted by molar-refractivity contribution is -0.137. The third-order valence-electron chi connectivity index (χ3n) is 3.57. The predicted octanol–water partition coefficient (Wildman–Crippen LogP) is 3.77. The van der Waals surface area contributed by atoms with Gasteiger partial charge in [-0.3, -0.25) is 0 Å². The molecule has 7 heteroatoms. The minimum Gasteiger partial charge on any atom is -0.399 e. The van der Waals surface area contributed by atoms with Gasteiger partial charge in [-0.1, -0.05) is 28.0 Å². The molecule has 1 fully saturated rings. The normalized spacial score (nSPS) is 23.4. The highest BCUT2D eigenvalue weighted by Gasteiger charge is 2.52. The van der Waals surface area contributed by atoms with E-state index >= 15 is 0 Å². The lowest BCUT2D eigenvalue weighted by Gasteiger charge is -2.32. The molecule has 0 spiro atoms. The number of hydrogen-bond acceptors (Lipinski definition) is 2. The van der Waals surface area contributed by atoms with Crippen LogP contribution in [0, 0.1) is 0 Å². The van der Waals surface area contributed by atoms with E-state index in [0.29, 0.717) is 0 Å². The largest absolute Gasteiger partial charge is 0.495 e. The van der Waals surface area contributed by atoms with Crippen LogP contribution < -0.4 is 5.46 Å². The maximum Gasteiger partial charge on any atom is 0.495 e. The molecule has 0 radical (unpaired) electrons. The number of alkyl halides is 3. The van der Waals surface area contributed by atoms with Crippen LogP contribution in [0.5, 0.6) is 0 Å². The molecule has 1 aromatic carbocycles. The lowest BCUT2D eigenvalue weighted by Crippen LogP contribution is -2.41. The van der Waals surface area contributed by atoms with Gasteiger partial charge in [0.25, 0.3) is 0 Å². The van der Waals surface area contributed by atoms with E-state index in [1.54, 1.807) is 27.7 Å². The topological polar surface area (TPSA) is 18.5 Å². The fourth-order valence-corrected chi connectivity index (χ4v) is 2.14. The minimum atomic E-state index is -4.89. The molecule has 0 N–H and O–H groups in total. The molecule has 20 heavy (non-hydrogen) atoms. The Morgan fingerprint density at radius 3 is 2.10 bits per heavy atom. The van der Waals surface area contributed by atoms with Crippen LogP contribution in [0.2, 0.25) is 0 Å². The number of hydrogen-bond donors (Lipinski definition) is 0. The Morgan fingerprint density at radius 2 is 1.65 bits per heavy atom. The van der Waals surface area contributed by atoms with Crippen molar-refractivity contribution >= 4 is 28.5 Å². The summed E-state index contributed by atoms with van der Waals surface area (Å²) in [6, 6.07) is -2.63. The van der Waals surface area contributed by atoms with Crippen LogP contribution in [0.1, 0.15) is 37.4 Å². The molecule has 1 aliphatic heterocycles. The quantitative estimate of drug-likeness (QED) is 0.715. The van der Waals surface area contributed by atoms with Crippen molar-refractivity contribution in [1.29, 1.82) is 0 Å². The Bertz CT molecular complexity index is 620. The molecule has 0 bridgehead atoms. The lowest BCUT2D eigenvalue weighted by atomic mass is 9.79. The van der Waals surface area contributed by atoms with E-state index in [0.717, 1.165) is 0 Å². The summed E-state index contributed by atoms with van der Waals surface area (Å²) >= 11 is 2.94.